The molecular formula is C22H27NO5. The van der Waals surface area contributed by atoms with Gasteiger partial charge < -0.3 is 24.3 Å². The second-order valence-electron chi connectivity index (χ2n) is 7.44. The second-order valence-corrected chi connectivity index (χ2v) is 7.44. The maximum atomic E-state index is 12.8. The molecule has 0 saturated carbocycles. The number of amides is 1. The average molecular weight is 385 g/mol. The molecule has 2 aromatic carbocycles. The van der Waals surface area contributed by atoms with Gasteiger partial charge in [0, 0.05) is 18.1 Å². The molecule has 0 aliphatic carbocycles. The first-order valence-corrected chi connectivity index (χ1v) is 9.30. The molecule has 6 nitrogen and oxygen atoms in total. The molecule has 1 aliphatic rings. The van der Waals surface area contributed by atoms with Crippen molar-refractivity contribution in [1.29, 1.82) is 0 Å². The molecule has 28 heavy (non-hydrogen) atoms. The molecule has 2 atom stereocenters. The Kier molecular flexibility index (Phi) is 5.68. The fourth-order valence-electron chi connectivity index (χ4n) is 3.34. The smallest absolute Gasteiger partial charge is 0.261 e. The third kappa shape index (κ3) is 4.32. The van der Waals surface area contributed by atoms with Crippen molar-refractivity contribution in [2.45, 2.75) is 44.9 Å². The van der Waals surface area contributed by atoms with Crippen LogP contribution in [-0.4, -0.2) is 31.8 Å². The van der Waals surface area contributed by atoms with Gasteiger partial charge in [0.1, 0.15) is 17.1 Å². The van der Waals surface area contributed by atoms with Crippen molar-refractivity contribution in [2.24, 2.45) is 0 Å². The molecule has 2 aromatic rings. The van der Waals surface area contributed by atoms with E-state index in [1.165, 1.54) is 0 Å². The van der Waals surface area contributed by atoms with E-state index in [2.05, 4.69) is 5.32 Å². The lowest BCUT2D eigenvalue weighted by molar-refractivity contribution is -0.128. The summed E-state index contributed by atoms with van der Waals surface area (Å²) in [5.74, 6) is 2.36. The van der Waals surface area contributed by atoms with Crippen molar-refractivity contribution in [2.75, 3.05) is 14.2 Å². The molecule has 150 valence electrons. The molecule has 0 bridgehead atoms. The number of nitrogens with one attached hydrogen (secondary N) is 1. The Morgan fingerprint density at radius 3 is 2.54 bits per heavy atom. The lowest BCUT2D eigenvalue weighted by Gasteiger charge is -2.38. The molecule has 6 heteroatoms. The molecule has 1 amide bonds. The van der Waals surface area contributed by atoms with Crippen LogP contribution in [0.15, 0.2) is 42.5 Å². The van der Waals surface area contributed by atoms with Gasteiger partial charge in [-0.25, -0.2) is 0 Å². The Balaban J connectivity index is 1.76. The number of rotatable bonds is 6. The predicted molar refractivity (Wildman–Crippen MR) is 106 cm³/mol. The van der Waals surface area contributed by atoms with Crippen LogP contribution in [0.5, 0.6) is 23.0 Å². The fourth-order valence-corrected chi connectivity index (χ4v) is 3.34. The van der Waals surface area contributed by atoms with Crippen LogP contribution in [-0.2, 0) is 4.79 Å². The van der Waals surface area contributed by atoms with Crippen LogP contribution < -0.4 is 24.3 Å². The Morgan fingerprint density at radius 1 is 1.14 bits per heavy atom. The van der Waals surface area contributed by atoms with Crippen LogP contribution in [0.4, 0.5) is 0 Å². The van der Waals surface area contributed by atoms with E-state index in [9.17, 15) is 4.79 Å². The molecule has 0 spiro atoms. The quantitative estimate of drug-likeness (QED) is 0.817. The first kappa shape index (κ1) is 19.9. The maximum Gasteiger partial charge on any atom is 0.261 e. The summed E-state index contributed by atoms with van der Waals surface area (Å²) in [7, 11) is 3.19. The van der Waals surface area contributed by atoms with Crippen LogP contribution in [0.3, 0.4) is 0 Å². The van der Waals surface area contributed by atoms with Crippen LogP contribution in [0, 0.1) is 0 Å². The van der Waals surface area contributed by atoms with Crippen molar-refractivity contribution < 1.29 is 23.7 Å². The number of carbonyl (C=O) groups excluding carboxylic acids is 1. The molecule has 1 aliphatic heterocycles. The highest BCUT2D eigenvalue weighted by Gasteiger charge is 2.35. The number of fused-ring (bicyclic) bond motifs is 1. The maximum absolute atomic E-state index is 12.8. The summed E-state index contributed by atoms with van der Waals surface area (Å²) in [6, 6.07) is 12.7. The summed E-state index contributed by atoms with van der Waals surface area (Å²) < 4.78 is 22.5. The van der Waals surface area contributed by atoms with Crippen molar-refractivity contribution in [3.05, 3.63) is 48.0 Å². The highest BCUT2D eigenvalue weighted by atomic mass is 16.5. The van der Waals surface area contributed by atoms with Crippen LogP contribution in [0.1, 0.15) is 38.8 Å². The number of para-hydroxylation sites is 2. The molecule has 0 fully saturated rings. The minimum Gasteiger partial charge on any atom is -0.497 e. The van der Waals surface area contributed by atoms with Crippen LogP contribution in [0.2, 0.25) is 0 Å². The first-order valence-electron chi connectivity index (χ1n) is 9.30. The number of hydrogen-bond donors (Lipinski definition) is 1. The Labute approximate surface area is 165 Å². The van der Waals surface area contributed by atoms with Gasteiger partial charge in [0.05, 0.1) is 20.3 Å². The van der Waals surface area contributed by atoms with Gasteiger partial charge in [-0.2, -0.15) is 0 Å². The number of benzene rings is 2. The molecule has 0 aromatic heterocycles. The molecule has 0 unspecified atom stereocenters. The standard InChI is InChI=1S/C22H27NO5/c1-14(27-19-9-7-6-8-18(19)26-5)21(24)23-17-13-22(2,3)28-20-12-15(25-4)10-11-16(17)20/h6-12,14,17H,13H2,1-5H3,(H,23,24)/t14-,17+/m1/s1. The van der Waals surface area contributed by atoms with Crippen molar-refractivity contribution in [3.8, 4) is 23.0 Å². The Bertz CT molecular complexity index is 849. The van der Waals surface area contributed by atoms with E-state index >= 15 is 0 Å². The van der Waals surface area contributed by atoms with Crippen LogP contribution in [0.25, 0.3) is 0 Å². The highest BCUT2D eigenvalue weighted by Crippen LogP contribution is 2.41. The summed E-state index contributed by atoms with van der Waals surface area (Å²) in [6.07, 6.45) is -0.0247. The molecule has 3 rings (SSSR count). The van der Waals surface area contributed by atoms with E-state index < -0.39 is 11.7 Å². The lowest BCUT2D eigenvalue weighted by Crippen LogP contribution is -2.44. The molecule has 0 saturated heterocycles. The zero-order valence-corrected chi connectivity index (χ0v) is 16.9. The van der Waals surface area contributed by atoms with E-state index in [1.54, 1.807) is 33.3 Å². The minimum absolute atomic E-state index is 0.180. The summed E-state index contributed by atoms with van der Waals surface area (Å²) >= 11 is 0. The second kappa shape index (κ2) is 8.00. The Hall–Kier alpha value is -2.89. The average Bonchev–Trinajstić information content (AvgIpc) is 2.66. The molecule has 0 radical (unpaired) electrons. The monoisotopic (exact) mass is 385 g/mol. The summed E-state index contributed by atoms with van der Waals surface area (Å²) in [4.78, 5) is 12.8. The summed E-state index contributed by atoms with van der Waals surface area (Å²) in [5, 5.41) is 3.10. The van der Waals surface area contributed by atoms with Gasteiger partial charge in [0.2, 0.25) is 0 Å². The van der Waals surface area contributed by atoms with E-state index in [4.69, 9.17) is 18.9 Å². The summed E-state index contributed by atoms with van der Waals surface area (Å²) in [5.41, 5.74) is 0.516. The van der Waals surface area contributed by atoms with Crippen LogP contribution >= 0.6 is 0 Å². The number of hydrogen-bond acceptors (Lipinski definition) is 5. The molecule has 1 N–H and O–H groups in total. The summed E-state index contributed by atoms with van der Waals surface area (Å²) in [6.45, 7) is 5.73. The first-order chi connectivity index (χ1) is 13.3. The van der Waals surface area contributed by atoms with E-state index in [0.29, 0.717) is 17.9 Å². The van der Waals surface area contributed by atoms with Crippen molar-refractivity contribution >= 4 is 5.91 Å². The zero-order valence-electron chi connectivity index (χ0n) is 16.9. The third-order valence-corrected chi connectivity index (χ3v) is 4.74. The van der Waals surface area contributed by atoms with Crippen molar-refractivity contribution in [1.82, 2.24) is 5.32 Å². The van der Waals surface area contributed by atoms with E-state index in [1.807, 2.05) is 44.2 Å². The van der Waals surface area contributed by atoms with Gasteiger partial charge in [-0.1, -0.05) is 12.1 Å². The SMILES string of the molecule is COc1ccc2c(c1)OC(C)(C)C[C@@H]2NC(=O)[C@@H](C)Oc1ccccc1OC. The largest absolute Gasteiger partial charge is 0.497 e. The van der Waals surface area contributed by atoms with Gasteiger partial charge in [0.15, 0.2) is 17.6 Å². The third-order valence-electron chi connectivity index (χ3n) is 4.74. The van der Waals surface area contributed by atoms with Gasteiger partial charge in [-0.15, -0.1) is 0 Å². The number of ether oxygens (including phenoxy) is 4. The van der Waals surface area contributed by atoms with E-state index in [0.717, 1.165) is 17.1 Å². The number of methoxy groups -OCH3 is 2. The zero-order chi connectivity index (χ0) is 20.3. The van der Waals surface area contributed by atoms with E-state index in [-0.39, 0.29) is 11.9 Å². The van der Waals surface area contributed by atoms with Gasteiger partial charge in [0.25, 0.3) is 5.91 Å². The molecular weight excluding hydrogens is 358 g/mol. The normalized spacial score (nSPS) is 18.2. The number of carbonyl (C=O) groups is 1. The van der Waals surface area contributed by atoms with Crippen molar-refractivity contribution in [3.63, 3.8) is 0 Å². The molecule has 1 heterocycles. The minimum atomic E-state index is -0.677. The van der Waals surface area contributed by atoms with Gasteiger partial charge in [-0.05, 0) is 45.0 Å². The Morgan fingerprint density at radius 2 is 1.86 bits per heavy atom. The van der Waals surface area contributed by atoms with Gasteiger partial charge in [-0.3, -0.25) is 4.79 Å². The predicted octanol–water partition coefficient (Wildman–Crippen LogP) is 3.89. The topological polar surface area (TPSA) is 66.0 Å². The lowest BCUT2D eigenvalue weighted by atomic mass is 9.89. The highest BCUT2D eigenvalue weighted by molar-refractivity contribution is 5.81. The fraction of sp³-hybridized carbons (Fsp3) is 0.409. The van der Waals surface area contributed by atoms with Gasteiger partial charge >= 0.3 is 0 Å².